The van der Waals surface area contributed by atoms with Gasteiger partial charge >= 0.3 is 0 Å². The topological polar surface area (TPSA) is 28.4 Å². The zero-order valence-corrected chi connectivity index (χ0v) is 20.4. The molecule has 0 spiro atoms. The van der Waals surface area contributed by atoms with Gasteiger partial charge in [0.05, 0.1) is 0 Å². The molecule has 2 heterocycles. The van der Waals surface area contributed by atoms with E-state index < -0.39 is 0 Å². The van der Waals surface area contributed by atoms with Gasteiger partial charge in [0.25, 0.3) is 0 Å². The number of aromatic hydroxyl groups is 1. The van der Waals surface area contributed by atoms with Crippen LogP contribution < -0.4 is 0 Å². The number of hydrogen-bond acceptors (Lipinski definition) is 2. The summed E-state index contributed by atoms with van der Waals surface area (Å²) in [4.78, 5) is 2.65. The van der Waals surface area contributed by atoms with Crippen molar-refractivity contribution in [3.63, 3.8) is 0 Å². The lowest BCUT2D eigenvalue weighted by Crippen LogP contribution is -2.54. The Labute approximate surface area is 206 Å². The van der Waals surface area contributed by atoms with E-state index in [0.717, 1.165) is 50.3 Å². The fraction of sp³-hybridized carbons (Fsp3) is 0.333. The summed E-state index contributed by atoms with van der Waals surface area (Å²) in [7, 11) is 2.19. The fourth-order valence-electron chi connectivity index (χ4n) is 6.61. The molecule has 2 unspecified atom stereocenters. The third-order valence-corrected chi connectivity index (χ3v) is 8.68. The van der Waals surface area contributed by atoms with Crippen molar-refractivity contribution >= 4 is 22.5 Å². The molecule has 2 atom stereocenters. The molecule has 3 aromatic carbocycles. The molecule has 0 amide bonds. The first-order chi connectivity index (χ1) is 16.5. The second-order valence-corrected chi connectivity index (χ2v) is 10.7. The number of benzene rings is 3. The lowest BCUT2D eigenvalue weighted by Gasteiger charge is -2.51. The highest BCUT2D eigenvalue weighted by atomic mass is 35.5. The van der Waals surface area contributed by atoms with E-state index in [1.807, 2.05) is 18.2 Å². The summed E-state index contributed by atoms with van der Waals surface area (Å²) in [5.74, 6) is 0.864. The minimum atomic E-state index is 0.0426. The molecule has 2 aliphatic rings. The first-order valence-corrected chi connectivity index (χ1v) is 12.7. The van der Waals surface area contributed by atoms with Gasteiger partial charge in [0.2, 0.25) is 0 Å². The molecule has 1 saturated heterocycles. The molecule has 3 nitrogen and oxygen atoms in total. The molecule has 1 aromatic heterocycles. The van der Waals surface area contributed by atoms with Crippen LogP contribution in [0.4, 0.5) is 0 Å². The van der Waals surface area contributed by atoms with Crippen molar-refractivity contribution in [1.82, 2.24) is 9.47 Å². The maximum Gasteiger partial charge on any atom is 0.115 e. The molecule has 1 fully saturated rings. The quantitative estimate of drug-likeness (QED) is 0.388. The predicted octanol–water partition coefficient (Wildman–Crippen LogP) is 6.14. The average Bonchev–Trinajstić information content (AvgIpc) is 3.12. The summed E-state index contributed by atoms with van der Waals surface area (Å²) >= 11 is 6.43. The van der Waals surface area contributed by atoms with Gasteiger partial charge in [0, 0.05) is 47.2 Å². The van der Waals surface area contributed by atoms with Gasteiger partial charge in [-0.3, -0.25) is 0 Å². The molecule has 1 aliphatic carbocycles. The van der Waals surface area contributed by atoms with Crippen molar-refractivity contribution in [3.05, 3.63) is 100 Å². The Hall–Kier alpha value is -2.75. The van der Waals surface area contributed by atoms with Gasteiger partial charge in [-0.25, -0.2) is 0 Å². The van der Waals surface area contributed by atoms with Crippen molar-refractivity contribution in [2.75, 3.05) is 19.6 Å². The number of rotatable bonds is 4. The Morgan fingerprint density at radius 1 is 1.03 bits per heavy atom. The summed E-state index contributed by atoms with van der Waals surface area (Å²) < 4.78 is 2.38. The molecule has 4 aromatic rings. The lowest BCUT2D eigenvalue weighted by molar-refractivity contribution is 0.0815. The molecule has 0 saturated carbocycles. The van der Waals surface area contributed by atoms with E-state index in [0.29, 0.717) is 11.7 Å². The largest absolute Gasteiger partial charge is 0.508 e. The Balaban J connectivity index is 1.38. The van der Waals surface area contributed by atoms with Crippen LogP contribution >= 0.6 is 11.6 Å². The van der Waals surface area contributed by atoms with Gasteiger partial charge in [0.1, 0.15) is 5.75 Å². The van der Waals surface area contributed by atoms with Crippen LogP contribution in [0.5, 0.6) is 5.75 Å². The summed E-state index contributed by atoms with van der Waals surface area (Å²) in [6.45, 7) is 3.26. The molecule has 0 bridgehead atoms. The van der Waals surface area contributed by atoms with Crippen molar-refractivity contribution in [2.45, 2.75) is 31.1 Å². The van der Waals surface area contributed by atoms with E-state index in [4.69, 9.17) is 11.6 Å². The Morgan fingerprint density at radius 2 is 1.88 bits per heavy atom. The number of fused-ring (bicyclic) bond motifs is 4. The third kappa shape index (κ3) is 3.62. The standard InChI is InChI=1S/C30H31ClN2O/c1-32-28-11-10-24(31)18-27(28)26-17-23-20-33(14-12-21-6-3-2-4-7-21)15-13-30(23,19-29(26)32)22-8-5-9-25(34)16-22/h2-11,16,18,23,34H,12-15,17,19-20H2,1H3. The van der Waals surface area contributed by atoms with Gasteiger partial charge < -0.3 is 14.6 Å². The van der Waals surface area contributed by atoms with Crippen molar-refractivity contribution in [2.24, 2.45) is 13.0 Å². The number of likely N-dealkylation sites (tertiary alicyclic amines) is 1. The minimum Gasteiger partial charge on any atom is -0.508 e. The van der Waals surface area contributed by atoms with E-state index >= 15 is 0 Å². The van der Waals surface area contributed by atoms with Crippen LogP contribution in [0.25, 0.3) is 10.9 Å². The lowest BCUT2D eigenvalue weighted by atomic mass is 9.58. The molecule has 0 radical (unpaired) electrons. The van der Waals surface area contributed by atoms with Crippen LogP contribution in [0, 0.1) is 5.92 Å². The van der Waals surface area contributed by atoms with Crippen LogP contribution in [-0.4, -0.2) is 34.2 Å². The highest BCUT2D eigenvalue weighted by Crippen LogP contribution is 2.50. The SMILES string of the molecule is Cn1c2c(c3cc(Cl)ccc31)CC1CN(CCc3ccccc3)CCC1(c1cccc(O)c1)C2. The van der Waals surface area contributed by atoms with Crippen LogP contribution in [0.2, 0.25) is 5.02 Å². The number of piperidine rings is 1. The van der Waals surface area contributed by atoms with E-state index in [9.17, 15) is 5.11 Å². The highest BCUT2D eigenvalue weighted by Gasteiger charge is 2.48. The van der Waals surface area contributed by atoms with Crippen molar-refractivity contribution < 1.29 is 5.11 Å². The van der Waals surface area contributed by atoms with Crippen LogP contribution in [0.15, 0.2) is 72.8 Å². The van der Waals surface area contributed by atoms with Gasteiger partial charge in [0.15, 0.2) is 0 Å². The maximum absolute atomic E-state index is 10.4. The molecular formula is C30H31ClN2O. The number of aryl methyl sites for hydroxylation is 1. The van der Waals surface area contributed by atoms with E-state index in [2.05, 4.69) is 65.0 Å². The number of hydrogen-bond donors (Lipinski definition) is 1. The van der Waals surface area contributed by atoms with Gasteiger partial charge in [-0.15, -0.1) is 0 Å². The van der Waals surface area contributed by atoms with Gasteiger partial charge in [-0.2, -0.15) is 0 Å². The van der Waals surface area contributed by atoms with E-state index in [-0.39, 0.29) is 5.41 Å². The van der Waals surface area contributed by atoms with Crippen LogP contribution in [0.3, 0.4) is 0 Å². The first-order valence-electron chi connectivity index (χ1n) is 12.3. The normalized spacial score (nSPS) is 22.5. The fourth-order valence-corrected chi connectivity index (χ4v) is 6.78. The van der Waals surface area contributed by atoms with Crippen molar-refractivity contribution in [3.8, 4) is 5.75 Å². The monoisotopic (exact) mass is 470 g/mol. The number of aromatic nitrogens is 1. The molecule has 34 heavy (non-hydrogen) atoms. The molecule has 1 aliphatic heterocycles. The first kappa shape index (κ1) is 21.8. The highest BCUT2D eigenvalue weighted by molar-refractivity contribution is 6.31. The second kappa shape index (κ2) is 8.48. The van der Waals surface area contributed by atoms with Crippen LogP contribution in [-0.2, 0) is 31.7 Å². The van der Waals surface area contributed by atoms with E-state index in [1.54, 1.807) is 6.07 Å². The summed E-state index contributed by atoms with van der Waals surface area (Å²) in [5, 5.41) is 12.5. The average molecular weight is 471 g/mol. The zero-order valence-electron chi connectivity index (χ0n) is 19.7. The van der Waals surface area contributed by atoms with Crippen LogP contribution in [0.1, 0.15) is 28.8 Å². The second-order valence-electron chi connectivity index (χ2n) is 10.2. The molecule has 1 N–H and O–H groups in total. The number of phenols is 1. The van der Waals surface area contributed by atoms with Gasteiger partial charge in [-0.1, -0.05) is 54.1 Å². The smallest absolute Gasteiger partial charge is 0.115 e. The van der Waals surface area contributed by atoms with E-state index in [1.165, 1.54) is 33.3 Å². The number of phenolic OH excluding ortho intramolecular Hbond substituents is 1. The predicted molar refractivity (Wildman–Crippen MR) is 140 cm³/mol. The Bertz CT molecular complexity index is 1340. The number of nitrogens with zero attached hydrogens (tertiary/aromatic N) is 2. The minimum absolute atomic E-state index is 0.0426. The van der Waals surface area contributed by atoms with Gasteiger partial charge in [-0.05, 0) is 85.2 Å². The molecule has 4 heteroatoms. The molecule has 174 valence electrons. The third-order valence-electron chi connectivity index (χ3n) is 8.45. The van der Waals surface area contributed by atoms with Crippen molar-refractivity contribution in [1.29, 1.82) is 0 Å². The molecule has 6 rings (SSSR count). The maximum atomic E-state index is 10.4. The summed E-state index contributed by atoms with van der Waals surface area (Å²) in [5.41, 5.74) is 6.89. The summed E-state index contributed by atoms with van der Waals surface area (Å²) in [6.07, 6.45) is 4.25. The zero-order chi connectivity index (χ0) is 23.3. The Morgan fingerprint density at radius 3 is 2.71 bits per heavy atom. The molecular weight excluding hydrogens is 440 g/mol. The Kier molecular flexibility index (Phi) is 5.43. The summed E-state index contributed by atoms with van der Waals surface area (Å²) in [6, 6.07) is 25.2. The number of halogens is 1.